The molecule has 0 aliphatic rings. The van der Waals surface area contributed by atoms with E-state index in [1.165, 1.54) is 0 Å². The molecule has 1 aromatic heterocycles. The third-order valence-electron chi connectivity index (χ3n) is 3.66. The zero-order chi connectivity index (χ0) is 17.1. The van der Waals surface area contributed by atoms with E-state index in [1.54, 1.807) is 36.4 Å². The second-order valence-corrected chi connectivity index (χ2v) is 5.75. The number of hydrogen-bond acceptors (Lipinski definition) is 4. The molecule has 1 amide bonds. The lowest BCUT2D eigenvalue weighted by Gasteiger charge is -2.09. The normalized spacial score (nSPS) is 11.6. The van der Waals surface area contributed by atoms with Gasteiger partial charge in [-0.25, -0.2) is 4.79 Å². The molecule has 0 bridgehead atoms. The lowest BCUT2D eigenvalue weighted by atomic mass is 10.0. The Morgan fingerprint density at radius 3 is 2.68 bits per heavy atom. The number of nitrogens with one attached hydrogen (secondary N) is 1. The van der Waals surface area contributed by atoms with Crippen LogP contribution in [0, 0.1) is 0 Å². The van der Waals surface area contributed by atoms with Crippen LogP contribution in [0.5, 0.6) is 0 Å². The van der Waals surface area contributed by atoms with E-state index >= 15 is 0 Å². The Morgan fingerprint density at radius 1 is 1.16 bits per heavy atom. The smallest absolute Gasteiger partial charge is 0.344 e. The molecule has 5 nitrogen and oxygen atoms in total. The van der Waals surface area contributed by atoms with E-state index in [1.807, 2.05) is 25.1 Å². The summed E-state index contributed by atoms with van der Waals surface area (Å²) in [4.78, 5) is 24.4. The van der Waals surface area contributed by atoms with Crippen molar-refractivity contribution < 1.29 is 9.21 Å². The van der Waals surface area contributed by atoms with Gasteiger partial charge in [0, 0.05) is 23.5 Å². The van der Waals surface area contributed by atoms with E-state index in [2.05, 4.69) is 5.32 Å². The molecule has 2 aromatic carbocycles. The Labute approximate surface area is 151 Å². The summed E-state index contributed by atoms with van der Waals surface area (Å²) < 4.78 is 5.35. The molecule has 25 heavy (non-hydrogen) atoms. The second-order valence-electron chi connectivity index (χ2n) is 5.75. The van der Waals surface area contributed by atoms with Crippen LogP contribution in [0.15, 0.2) is 63.8 Å². The number of fused-ring (bicyclic) bond motifs is 1. The first kappa shape index (κ1) is 18.7. The predicted octanol–water partition coefficient (Wildman–Crippen LogP) is 2.96. The predicted molar refractivity (Wildman–Crippen MR) is 101 cm³/mol. The molecule has 0 aliphatic heterocycles. The van der Waals surface area contributed by atoms with Crippen LogP contribution in [-0.4, -0.2) is 18.5 Å². The first-order valence-electron chi connectivity index (χ1n) is 7.72. The van der Waals surface area contributed by atoms with Crippen molar-refractivity contribution in [3.63, 3.8) is 0 Å². The van der Waals surface area contributed by atoms with Crippen molar-refractivity contribution in [2.75, 3.05) is 6.54 Å². The van der Waals surface area contributed by atoms with Gasteiger partial charge in [-0.05, 0) is 36.8 Å². The monoisotopic (exact) mass is 358 g/mol. The van der Waals surface area contributed by atoms with Gasteiger partial charge in [-0.15, -0.1) is 12.4 Å². The fourth-order valence-electron chi connectivity index (χ4n) is 2.45. The molecule has 3 aromatic rings. The van der Waals surface area contributed by atoms with Crippen LogP contribution in [-0.2, 0) is 0 Å². The summed E-state index contributed by atoms with van der Waals surface area (Å²) in [5.74, 6) is -0.223. The quantitative estimate of drug-likeness (QED) is 0.702. The molecule has 6 heteroatoms. The topological polar surface area (TPSA) is 85.3 Å². The maximum Gasteiger partial charge on any atom is 0.344 e. The molecule has 0 saturated heterocycles. The van der Waals surface area contributed by atoms with Crippen molar-refractivity contribution in [1.82, 2.24) is 5.32 Å². The Morgan fingerprint density at radius 2 is 1.92 bits per heavy atom. The maximum atomic E-state index is 12.2. The first-order valence-corrected chi connectivity index (χ1v) is 7.72. The van der Waals surface area contributed by atoms with Crippen molar-refractivity contribution in [2.45, 2.75) is 13.0 Å². The minimum atomic E-state index is -0.429. The van der Waals surface area contributed by atoms with E-state index in [-0.39, 0.29) is 24.4 Å². The first-order chi connectivity index (χ1) is 11.5. The van der Waals surface area contributed by atoms with Crippen molar-refractivity contribution in [3.8, 4) is 11.1 Å². The van der Waals surface area contributed by atoms with Gasteiger partial charge in [-0.2, -0.15) is 0 Å². The van der Waals surface area contributed by atoms with Crippen LogP contribution in [0.1, 0.15) is 17.3 Å². The van der Waals surface area contributed by atoms with Gasteiger partial charge in [0.15, 0.2) is 0 Å². The fourth-order valence-corrected chi connectivity index (χ4v) is 2.45. The Balaban J connectivity index is 0.00000225. The number of amides is 1. The zero-order valence-electron chi connectivity index (χ0n) is 13.7. The molecule has 0 aliphatic carbocycles. The molecule has 3 rings (SSSR count). The third kappa shape index (κ3) is 4.26. The summed E-state index contributed by atoms with van der Waals surface area (Å²) in [7, 11) is 0. The Hall–Kier alpha value is -2.63. The Kier molecular flexibility index (Phi) is 5.96. The third-order valence-corrected chi connectivity index (χ3v) is 3.66. The molecule has 3 N–H and O–H groups in total. The van der Waals surface area contributed by atoms with Crippen LogP contribution in [0.4, 0.5) is 0 Å². The van der Waals surface area contributed by atoms with Crippen molar-refractivity contribution in [1.29, 1.82) is 0 Å². The molecule has 130 valence electrons. The van der Waals surface area contributed by atoms with Crippen LogP contribution < -0.4 is 16.7 Å². The van der Waals surface area contributed by atoms with E-state index in [4.69, 9.17) is 10.2 Å². The summed E-state index contributed by atoms with van der Waals surface area (Å²) >= 11 is 0. The molecule has 0 fully saturated rings. The average molecular weight is 359 g/mol. The molecular weight excluding hydrogens is 340 g/mol. The zero-order valence-corrected chi connectivity index (χ0v) is 14.5. The lowest BCUT2D eigenvalue weighted by Crippen LogP contribution is -2.35. The molecule has 0 spiro atoms. The minimum absolute atomic E-state index is 0. The van der Waals surface area contributed by atoms with Gasteiger partial charge in [0.25, 0.3) is 5.91 Å². The van der Waals surface area contributed by atoms with E-state index < -0.39 is 5.63 Å². The van der Waals surface area contributed by atoms with Crippen LogP contribution >= 0.6 is 12.4 Å². The highest BCUT2D eigenvalue weighted by Crippen LogP contribution is 2.21. The van der Waals surface area contributed by atoms with E-state index in [0.29, 0.717) is 28.8 Å². The summed E-state index contributed by atoms with van der Waals surface area (Å²) in [5, 5.41) is 3.59. The number of para-hydroxylation sites is 1. The van der Waals surface area contributed by atoms with Gasteiger partial charge in [-0.1, -0.05) is 30.3 Å². The minimum Gasteiger partial charge on any atom is -0.422 e. The van der Waals surface area contributed by atoms with Gasteiger partial charge in [-0.3, -0.25) is 4.79 Å². The van der Waals surface area contributed by atoms with E-state index in [0.717, 1.165) is 5.39 Å². The van der Waals surface area contributed by atoms with Crippen LogP contribution in [0.25, 0.3) is 22.1 Å². The highest BCUT2D eigenvalue weighted by atomic mass is 35.5. The molecule has 0 saturated carbocycles. The van der Waals surface area contributed by atoms with Crippen molar-refractivity contribution in [2.24, 2.45) is 5.73 Å². The average Bonchev–Trinajstić information content (AvgIpc) is 2.59. The molecule has 1 atom stereocenters. The molecule has 1 heterocycles. The SMILES string of the molecule is C[C@H](N)CNC(=O)c1cccc(-c2cc3ccccc3oc2=O)c1.Cl. The van der Waals surface area contributed by atoms with Crippen molar-refractivity contribution >= 4 is 29.3 Å². The van der Waals surface area contributed by atoms with Crippen molar-refractivity contribution in [3.05, 3.63) is 70.6 Å². The van der Waals surface area contributed by atoms with Gasteiger partial charge in [0.2, 0.25) is 0 Å². The number of benzene rings is 2. The van der Waals surface area contributed by atoms with Gasteiger partial charge < -0.3 is 15.5 Å². The largest absolute Gasteiger partial charge is 0.422 e. The maximum absolute atomic E-state index is 12.2. The number of rotatable bonds is 4. The van der Waals surface area contributed by atoms with E-state index in [9.17, 15) is 9.59 Å². The highest BCUT2D eigenvalue weighted by Gasteiger charge is 2.11. The number of hydrogen-bond donors (Lipinski definition) is 2. The number of halogens is 1. The summed E-state index contributed by atoms with van der Waals surface area (Å²) in [6, 6.07) is 15.9. The number of nitrogens with two attached hydrogens (primary N) is 1. The molecule has 0 unspecified atom stereocenters. The second kappa shape index (κ2) is 7.96. The molecule has 0 radical (unpaired) electrons. The summed E-state index contributed by atoms with van der Waals surface area (Å²) in [5.41, 5.74) is 7.30. The summed E-state index contributed by atoms with van der Waals surface area (Å²) in [6.45, 7) is 2.21. The van der Waals surface area contributed by atoms with Crippen LogP contribution in [0.2, 0.25) is 0 Å². The van der Waals surface area contributed by atoms with Gasteiger partial charge in [0.05, 0.1) is 5.56 Å². The highest BCUT2D eigenvalue weighted by molar-refractivity contribution is 5.95. The number of carbonyl (C=O) groups is 1. The van der Waals surface area contributed by atoms with Crippen LogP contribution in [0.3, 0.4) is 0 Å². The Bertz CT molecular complexity index is 951. The van der Waals surface area contributed by atoms with Gasteiger partial charge >= 0.3 is 5.63 Å². The molecular formula is C19H19ClN2O3. The summed E-state index contributed by atoms with van der Waals surface area (Å²) in [6.07, 6.45) is 0. The standard InChI is InChI=1S/C19H18N2O3.ClH/c1-12(20)11-21-18(22)15-7-4-6-13(9-15)16-10-14-5-2-3-8-17(14)24-19(16)23;/h2-10,12H,11,20H2,1H3,(H,21,22);1H/t12-;/m0./s1. The van der Waals surface area contributed by atoms with Gasteiger partial charge in [0.1, 0.15) is 5.58 Å². The number of carbonyl (C=O) groups excluding carboxylic acids is 1. The fraction of sp³-hybridized carbons (Fsp3) is 0.158. The lowest BCUT2D eigenvalue weighted by molar-refractivity contribution is 0.0951.